The predicted octanol–water partition coefficient (Wildman–Crippen LogP) is 2.21. The molecule has 0 amide bonds. The number of hydrogen-bond donors (Lipinski definition) is 0. The summed E-state index contributed by atoms with van der Waals surface area (Å²) in [5.74, 6) is 0. The van der Waals surface area contributed by atoms with E-state index in [1.54, 1.807) is 6.20 Å². The molecule has 0 radical (unpaired) electrons. The standard InChI is InChI=1S/C10H9NO2S2/c1-15(12,13)10-11-7-9(14-10)8-5-3-2-4-6-8/h2-7H,1H3. The molecule has 1 aromatic heterocycles. The molecule has 15 heavy (non-hydrogen) atoms. The molecular weight excluding hydrogens is 230 g/mol. The first kappa shape index (κ1) is 10.3. The maximum Gasteiger partial charge on any atom is 0.209 e. The lowest BCUT2D eigenvalue weighted by Crippen LogP contribution is -1.94. The number of sulfone groups is 1. The first-order valence-electron chi connectivity index (χ1n) is 4.29. The van der Waals surface area contributed by atoms with E-state index in [1.165, 1.54) is 17.6 Å². The van der Waals surface area contributed by atoms with Crippen LogP contribution in [-0.2, 0) is 9.84 Å². The van der Waals surface area contributed by atoms with Crippen molar-refractivity contribution in [3.05, 3.63) is 36.5 Å². The molecule has 0 atom stereocenters. The van der Waals surface area contributed by atoms with Gasteiger partial charge in [0.25, 0.3) is 0 Å². The molecule has 78 valence electrons. The van der Waals surface area contributed by atoms with Crippen LogP contribution in [0, 0.1) is 0 Å². The van der Waals surface area contributed by atoms with Gasteiger partial charge in [-0.1, -0.05) is 30.3 Å². The number of rotatable bonds is 2. The van der Waals surface area contributed by atoms with Gasteiger partial charge in [0.1, 0.15) is 0 Å². The average molecular weight is 239 g/mol. The molecular formula is C10H9NO2S2. The number of thiazole rings is 1. The number of nitrogens with zero attached hydrogens (tertiary/aromatic N) is 1. The molecule has 0 N–H and O–H groups in total. The zero-order chi connectivity index (χ0) is 10.9. The summed E-state index contributed by atoms with van der Waals surface area (Å²) in [6, 6.07) is 9.60. The lowest BCUT2D eigenvalue weighted by molar-refractivity contribution is 0.601. The third kappa shape index (κ3) is 2.24. The summed E-state index contributed by atoms with van der Waals surface area (Å²) < 4.78 is 22.6. The Kier molecular flexibility index (Phi) is 2.58. The van der Waals surface area contributed by atoms with E-state index in [1.807, 2.05) is 30.3 Å². The SMILES string of the molecule is CS(=O)(=O)c1ncc(-c2ccccc2)s1. The van der Waals surface area contributed by atoms with Gasteiger partial charge in [-0.25, -0.2) is 13.4 Å². The Labute approximate surface area is 92.3 Å². The van der Waals surface area contributed by atoms with E-state index in [4.69, 9.17) is 0 Å². The van der Waals surface area contributed by atoms with Crippen LogP contribution in [0.25, 0.3) is 10.4 Å². The Bertz CT molecular complexity index is 558. The van der Waals surface area contributed by atoms with Gasteiger partial charge >= 0.3 is 0 Å². The number of benzene rings is 1. The molecule has 5 heteroatoms. The van der Waals surface area contributed by atoms with Crippen molar-refractivity contribution in [2.75, 3.05) is 6.26 Å². The van der Waals surface area contributed by atoms with Crippen LogP contribution in [0.3, 0.4) is 0 Å². The molecule has 3 nitrogen and oxygen atoms in total. The molecule has 0 unspecified atom stereocenters. The fraction of sp³-hybridized carbons (Fsp3) is 0.100. The van der Waals surface area contributed by atoms with E-state index in [0.29, 0.717) is 0 Å². The van der Waals surface area contributed by atoms with Crippen LogP contribution in [-0.4, -0.2) is 19.7 Å². The van der Waals surface area contributed by atoms with Gasteiger partial charge in [-0.05, 0) is 5.56 Å². The maximum atomic E-state index is 11.2. The van der Waals surface area contributed by atoms with E-state index in [2.05, 4.69) is 4.98 Å². The predicted molar refractivity (Wildman–Crippen MR) is 60.7 cm³/mol. The average Bonchev–Trinajstić information content (AvgIpc) is 2.67. The zero-order valence-corrected chi connectivity index (χ0v) is 9.68. The largest absolute Gasteiger partial charge is 0.233 e. The Morgan fingerprint density at radius 1 is 1.20 bits per heavy atom. The van der Waals surface area contributed by atoms with E-state index in [9.17, 15) is 8.42 Å². The summed E-state index contributed by atoms with van der Waals surface area (Å²) in [4.78, 5) is 4.77. The van der Waals surface area contributed by atoms with Gasteiger partial charge in [0.15, 0.2) is 0 Å². The van der Waals surface area contributed by atoms with Crippen LogP contribution < -0.4 is 0 Å². The molecule has 2 rings (SSSR count). The molecule has 0 bridgehead atoms. The quantitative estimate of drug-likeness (QED) is 0.807. The highest BCUT2D eigenvalue weighted by Crippen LogP contribution is 2.27. The van der Waals surface area contributed by atoms with Crippen LogP contribution in [0.1, 0.15) is 0 Å². The monoisotopic (exact) mass is 239 g/mol. The van der Waals surface area contributed by atoms with Gasteiger partial charge in [0, 0.05) is 12.5 Å². The van der Waals surface area contributed by atoms with Crippen molar-refractivity contribution in [3.63, 3.8) is 0 Å². The van der Waals surface area contributed by atoms with E-state index in [-0.39, 0.29) is 4.34 Å². The summed E-state index contributed by atoms with van der Waals surface area (Å²) in [5, 5.41) is 0. The summed E-state index contributed by atoms with van der Waals surface area (Å²) in [7, 11) is -3.18. The molecule has 1 aromatic carbocycles. The summed E-state index contributed by atoms with van der Waals surface area (Å²) in [5.41, 5.74) is 0.991. The molecule has 2 aromatic rings. The lowest BCUT2D eigenvalue weighted by Gasteiger charge is -1.93. The second-order valence-electron chi connectivity index (χ2n) is 3.13. The van der Waals surface area contributed by atoms with Gasteiger partial charge in [-0.2, -0.15) is 0 Å². The number of hydrogen-bond acceptors (Lipinski definition) is 4. The van der Waals surface area contributed by atoms with Gasteiger partial charge in [0.05, 0.1) is 4.88 Å². The van der Waals surface area contributed by atoms with Crippen molar-refractivity contribution in [2.45, 2.75) is 4.34 Å². The van der Waals surface area contributed by atoms with Crippen LogP contribution in [0.15, 0.2) is 40.9 Å². The van der Waals surface area contributed by atoms with Crippen molar-refractivity contribution in [1.29, 1.82) is 0 Å². The van der Waals surface area contributed by atoms with Gasteiger partial charge in [-0.3, -0.25) is 0 Å². The first-order chi connectivity index (χ1) is 7.07. The highest BCUT2D eigenvalue weighted by molar-refractivity contribution is 7.92. The van der Waals surface area contributed by atoms with Crippen LogP contribution in [0.5, 0.6) is 0 Å². The zero-order valence-electron chi connectivity index (χ0n) is 8.04. The highest BCUT2D eigenvalue weighted by Gasteiger charge is 2.12. The van der Waals surface area contributed by atoms with Crippen molar-refractivity contribution in [3.8, 4) is 10.4 Å². The smallest absolute Gasteiger partial charge is 0.209 e. The second-order valence-corrected chi connectivity index (χ2v) is 6.35. The molecule has 1 heterocycles. The Balaban J connectivity index is 2.46. The maximum absolute atomic E-state index is 11.2. The minimum Gasteiger partial charge on any atom is -0.233 e. The summed E-state index contributed by atoms with van der Waals surface area (Å²) in [6.07, 6.45) is 2.76. The fourth-order valence-corrected chi connectivity index (χ4v) is 2.94. The minimum atomic E-state index is -3.18. The second kappa shape index (κ2) is 3.75. The van der Waals surface area contributed by atoms with Crippen LogP contribution >= 0.6 is 11.3 Å². The molecule has 0 spiro atoms. The third-order valence-corrected chi connectivity index (χ3v) is 4.60. The topological polar surface area (TPSA) is 47.0 Å². The Morgan fingerprint density at radius 3 is 2.40 bits per heavy atom. The Hall–Kier alpha value is -1.20. The van der Waals surface area contributed by atoms with Gasteiger partial charge in [-0.15, -0.1) is 11.3 Å². The summed E-state index contributed by atoms with van der Waals surface area (Å²) in [6.45, 7) is 0. The first-order valence-corrected chi connectivity index (χ1v) is 6.99. The molecule has 0 aliphatic heterocycles. The van der Waals surface area contributed by atoms with Crippen molar-refractivity contribution in [1.82, 2.24) is 4.98 Å². The molecule has 0 saturated heterocycles. The van der Waals surface area contributed by atoms with Crippen LogP contribution in [0.2, 0.25) is 0 Å². The minimum absolute atomic E-state index is 0.168. The van der Waals surface area contributed by atoms with Gasteiger partial charge in [0.2, 0.25) is 14.2 Å². The highest BCUT2D eigenvalue weighted by atomic mass is 32.2. The van der Waals surface area contributed by atoms with Crippen LogP contribution in [0.4, 0.5) is 0 Å². The molecule has 0 aliphatic rings. The fourth-order valence-electron chi connectivity index (χ4n) is 1.17. The van der Waals surface area contributed by atoms with E-state index < -0.39 is 9.84 Å². The molecule has 0 fully saturated rings. The van der Waals surface area contributed by atoms with Crippen molar-refractivity contribution < 1.29 is 8.42 Å². The third-order valence-electron chi connectivity index (χ3n) is 1.86. The Morgan fingerprint density at radius 2 is 1.87 bits per heavy atom. The van der Waals surface area contributed by atoms with Crippen molar-refractivity contribution in [2.24, 2.45) is 0 Å². The normalized spacial score (nSPS) is 11.5. The molecule has 0 aliphatic carbocycles. The molecule has 0 saturated carbocycles. The lowest BCUT2D eigenvalue weighted by atomic mass is 10.2. The van der Waals surface area contributed by atoms with Crippen molar-refractivity contribution >= 4 is 21.2 Å². The van der Waals surface area contributed by atoms with E-state index >= 15 is 0 Å². The van der Waals surface area contributed by atoms with Gasteiger partial charge < -0.3 is 0 Å². The summed E-state index contributed by atoms with van der Waals surface area (Å²) >= 11 is 1.19. The number of aromatic nitrogens is 1. The van der Waals surface area contributed by atoms with E-state index in [0.717, 1.165) is 10.4 Å².